The molecule has 2 aromatic carbocycles. The molecule has 0 aliphatic rings. The van der Waals surface area contributed by atoms with Gasteiger partial charge < -0.3 is 0 Å². The number of hydrogen-bond donors (Lipinski definition) is 0. The van der Waals surface area contributed by atoms with Gasteiger partial charge in [-0.05, 0) is 37.0 Å². The molecule has 0 aliphatic heterocycles. The standard InChI is InChI=1S/C16H16BrNO2/c1-11-6-5-8-14(12(11)2)15(17)10-13-7-3-4-9-16(13)18(19)20/h3-9,15H,10H2,1-2H3. The summed E-state index contributed by atoms with van der Waals surface area (Å²) in [6, 6.07) is 13.1. The molecule has 0 N–H and O–H groups in total. The molecule has 0 radical (unpaired) electrons. The Morgan fingerprint density at radius 1 is 1.15 bits per heavy atom. The first-order valence-electron chi connectivity index (χ1n) is 6.43. The minimum Gasteiger partial charge on any atom is -0.258 e. The molecule has 0 heterocycles. The summed E-state index contributed by atoms with van der Waals surface area (Å²) in [6.07, 6.45) is 0.599. The molecule has 0 spiro atoms. The second-order valence-electron chi connectivity index (χ2n) is 4.85. The van der Waals surface area contributed by atoms with Gasteiger partial charge in [-0.2, -0.15) is 0 Å². The highest BCUT2D eigenvalue weighted by atomic mass is 79.9. The smallest absolute Gasteiger partial charge is 0.258 e. The molecule has 0 aliphatic carbocycles. The molecule has 0 saturated heterocycles. The molecule has 4 heteroatoms. The molecule has 0 amide bonds. The lowest BCUT2D eigenvalue weighted by atomic mass is 9.97. The van der Waals surface area contributed by atoms with Crippen molar-refractivity contribution in [3.63, 3.8) is 0 Å². The van der Waals surface area contributed by atoms with Crippen LogP contribution in [0, 0.1) is 24.0 Å². The Kier molecular flexibility index (Phi) is 4.55. The molecular weight excluding hydrogens is 318 g/mol. The number of halogens is 1. The van der Waals surface area contributed by atoms with Crippen LogP contribution in [0.5, 0.6) is 0 Å². The quantitative estimate of drug-likeness (QED) is 0.454. The minimum atomic E-state index is -0.321. The second kappa shape index (κ2) is 6.18. The van der Waals surface area contributed by atoms with E-state index in [2.05, 4.69) is 41.9 Å². The topological polar surface area (TPSA) is 43.1 Å². The monoisotopic (exact) mass is 333 g/mol. The van der Waals surface area contributed by atoms with Gasteiger partial charge in [-0.1, -0.05) is 52.3 Å². The molecule has 0 aromatic heterocycles. The molecule has 1 atom stereocenters. The maximum atomic E-state index is 11.1. The Bertz CT molecular complexity index is 640. The Morgan fingerprint density at radius 2 is 1.85 bits per heavy atom. The van der Waals surface area contributed by atoms with Crippen molar-refractivity contribution in [2.45, 2.75) is 25.1 Å². The zero-order valence-corrected chi connectivity index (χ0v) is 13.1. The van der Waals surface area contributed by atoms with Gasteiger partial charge in [0.1, 0.15) is 0 Å². The van der Waals surface area contributed by atoms with Crippen molar-refractivity contribution in [2.24, 2.45) is 0 Å². The highest BCUT2D eigenvalue weighted by molar-refractivity contribution is 9.09. The van der Waals surface area contributed by atoms with Crippen LogP contribution in [0.25, 0.3) is 0 Å². The van der Waals surface area contributed by atoms with E-state index in [1.165, 1.54) is 16.7 Å². The maximum absolute atomic E-state index is 11.1. The van der Waals surface area contributed by atoms with Crippen molar-refractivity contribution < 1.29 is 4.92 Å². The van der Waals surface area contributed by atoms with Crippen LogP contribution < -0.4 is 0 Å². The second-order valence-corrected chi connectivity index (χ2v) is 5.95. The van der Waals surface area contributed by atoms with Crippen molar-refractivity contribution in [1.82, 2.24) is 0 Å². The molecule has 20 heavy (non-hydrogen) atoms. The van der Waals surface area contributed by atoms with E-state index in [1.807, 2.05) is 18.2 Å². The van der Waals surface area contributed by atoms with Crippen molar-refractivity contribution in [3.05, 3.63) is 74.8 Å². The summed E-state index contributed by atoms with van der Waals surface area (Å²) in [5.41, 5.74) is 4.58. The van der Waals surface area contributed by atoms with E-state index < -0.39 is 0 Å². The number of benzene rings is 2. The fourth-order valence-corrected chi connectivity index (χ4v) is 3.12. The van der Waals surface area contributed by atoms with Crippen LogP contribution in [-0.4, -0.2) is 4.92 Å². The molecule has 3 nitrogen and oxygen atoms in total. The van der Waals surface area contributed by atoms with Gasteiger partial charge in [0, 0.05) is 16.5 Å². The fraction of sp³-hybridized carbons (Fsp3) is 0.250. The predicted octanol–water partition coefficient (Wildman–Crippen LogP) is 4.89. The number of alkyl halides is 1. The van der Waals surface area contributed by atoms with E-state index in [-0.39, 0.29) is 15.4 Å². The van der Waals surface area contributed by atoms with Crippen molar-refractivity contribution in [1.29, 1.82) is 0 Å². The lowest BCUT2D eigenvalue weighted by Gasteiger charge is -2.15. The zero-order chi connectivity index (χ0) is 14.7. The summed E-state index contributed by atoms with van der Waals surface area (Å²) in [7, 11) is 0. The van der Waals surface area contributed by atoms with Gasteiger partial charge in [0.15, 0.2) is 0 Å². The maximum Gasteiger partial charge on any atom is 0.272 e. The summed E-state index contributed by atoms with van der Waals surface area (Å²) < 4.78 is 0. The van der Waals surface area contributed by atoms with E-state index in [0.717, 1.165) is 5.56 Å². The SMILES string of the molecule is Cc1cccc(C(Br)Cc2ccccc2[N+](=O)[O-])c1C. The summed E-state index contributed by atoms with van der Waals surface area (Å²) in [6.45, 7) is 4.15. The Balaban J connectivity index is 2.30. The number of para-hydroxylation sites is 1. The molecule has 0 saturated carbocycles. The van der Waals surface area contributed by atoms with Crippen LogP contribution in [0.3, 0.4) is 0 Å². The molecule has 2 aromatic rings. The number of hydrogen-bond acceptors (Lipinski definition) is 2. The van der Waals surface area contributed by atoms with Crippen LogP contribution in [0.2, 0.25) is 0 Å². The van der Waals surface area contributed by atoms with Crippen LogP contribution in [0.4, 0.5) is 5.69 Å². The first kappa shape index (κ1) is 14.7. The minimum absolute atomic E-state index is 0.0727. The number of nitro groups is 1. The van der Waals surface area contributed by atoms with E-state index in [9.17, 15) is 10.1 Å². The molecule has 0 bridgehead atoms. The van der Waals surface area contributed by atoms with Gasteiger partial charge in [-0.3, -0.25) is 10.1 Å². The highest BCUT2D eigenvalue weighted by Gasteiger charge is 2.18. The largest absolute Gasteiger partial charge is 0.272 e. The molecular formula is C16H16BrNO2. The number of rotatable bonds is 4. The van der Waals surface area contributed by atoms with Crippen molar-refractivity contribution in [2.75, 3.05) is 0 Å². The highest BCUT2D eigenvalue weighted by Crippen LogP contribution is 2.33. The van der Waals surface area contributed by atoms with Gasteiger partial charge in [0.25, 0.3) is 5.69 Å². The van der Waals surface area contributed by atoms with Gasteiger partial charge in [0.2, 0.25) is 0 Å². The average molecular weight is 334 g/mol. The van der Waals surface area contributed by atoms with Gasteiger partial charge in [-0.15, -0.1) is 0 Å². The van der Waals surface area contributed by atoms with Crippen molar-refractivity contribution in [3.8, 4) is 0 Å². The first-order valence-corrected chi connectivity index (χ1v) is 7.34. The van der Waals surface area contributed by atoms with E-state index in [0.29, 0.717) is 6.42 Å². The number of aryl methyl sites for hydroxylation is 1. The Labute approximate surface area is 126 Å². The normalized spacial score (nSPS) is 12.2. The fourth-order valence-electron chi connectivity index (χ4n) is 2.28. The average Bonchev–Trinajstić information content (AvgIpc) is 2.42. The predicted molar refractivity (Wildman–Crippen MR) is 84.4 cm³/mol. The summed E-state index contributed by atoms with van der Waals surface area (Å²) >= 11 is 3.67. The first-order chi connectivity index (χ1) is 9.50. The van der Waals surface area contributed by atoms with Crippen LogP contribution in [0.15, 0.2) is 42.5 Å². The van der Waals surface area contributed by atoms with Crippen molar-refractivity contribution >= 4 is 21.6 Å². The third-order valence-electron chi connectivity index (χ3n) is 3.57. The van der Waals surface area contributed by atoms with Gasteiger partial charge >= 0.3 is 0 Å². The molecule has 1 unspecified atom stereocenters. The molecule has 2 rings (SSSR count). The van der Waals surface area contributed by atoms with Crippen LogP contribution >= 0.6 is 15.9 Å². The lowest BCUT2D eigenvalue weighted by Crippen LogP contribution is -2.02. The number of nitro benzene ring substituents is 1. The van der Waals surface area contributed by atoms with Gasteiger partial charge in [0.05, 0.1) is 4.92 Å². The zero-order valence-electron chi connectivity index (χ0n) is 11.5. The van der Waals surface area contributed by atoms with Crippen LogP contribution in [0.1, 0.15) is 27.1 Å². The van der Waals surface area contributed by atoms with Gasteiger partial charge in [-0.25, -0.2) is 0 Å². The van der Waals surface area contributed by atoms with E-state index >= 15 is 0 Å². The molecule has 0 fully saturated rings. The lowest BCUT2D eigenvalue weighted by molar-refractivity contribution is -0.385. The Hall–Kier alpha value is -1.68. The third kappa shape index (κ3) is 3.07. The van der Waals surface area contributed by atoms with Crippen LogP contribution in [-0.2, 0) is 6.42 Å². The summed E-state index contributed by atoms with van der Waals surface area (Å²) in [5, 5.41) is 11.1. The Morgan fingerprint density at radius 3 is 2.55 bits per heavy atom. The third-order valence-corrected chi connectivity index (χ3v) is 4.39. The summed E-state index contributed by atoms with van der Waals surface area (Å²) in [5.74, 6) is 0. The molecule has 104 valence electrons. The number of nitrogens with zero attached hydrogens (tertiary/aromatic N) is 1. The van der Waals surface area contributed by atoms with E-state index in [4.69, 9.17) is 0 Å². The van der Waals surface area contributed by atoms with E-state index in [1.54, 1.807) is 12.1 Å². The summed E-state index contributed by atoms with van der Waals surface area (Å²) in [4.78, 5) is 10.8.